The Labute approximate surface area is 172 Å². The highest BCUT2D eigenvalue weighted by Gasteiger charge is 2.32. The zero-order valence-corrected chi connectivity index (χ0v) is 16.2. The minimum Gasteiger partial charge on any atom is -0.260 e. The average molecular weight is 404 g/mol. The van der Waals surface area contributed by atoms with E-state index in [1.54, 1.807) is 6.07 Å². The predicted octanol–water partition coefficient (Wildman–Crippen LogP) is 6.38. The lowest BCUT2D eigenvalue weighted by molar-refractivity contribution is -0.137. The largest absolute Gasteiger partial charge is 0.416 e. The Morgan fingerprint density at radius 2 is 1.60 bits per heavy atom. The van der Waals surface area contributed by atoms with E-state index in [4.69, 9.17) is 5.10 Å². The van der Waals surface area contributed by atoms with Crippen molar-refractivity contribution in [2.24, 2.45) is 0 Å². The quantitative estimate of drug-likeness (QED) is 0.387. The van der Waals surface area contributed by atoms with Gasteiger partial charge < -0.3 is 0 Å². The third-order valence-electron chi connectivity index (χ3n) is 5.61. The molecular formula is C25H19F3N2. The Kier molecular flexibility index (Phi) is 4.46. The van der Waals surface area contributed by atoms with Gasteiger partial charge in [0, 0.05) is 16.7 Å². The molecule has 0 saturated heterocycles. The van der Waals surface area contributed by atoms with Crippen LogP contribution in [0.5, 0.6) is 0 Å². The Morgan fingerprint density at radius 3 is 2.40 bits per heavy atom. The molecule has 1 aromatic heterocycles. The van der Waals surface area contributed by atoms with Crippen molar-refractivity contribution in [2.45, 2.75) is 25.6 Å². The second kappa shape index (κ2) is 7.17. The molecule has 1 heterocycles. The number of alkyl halides is 3. The first-order chi connectivity index (χ1) is 14.5. The molecule has 4 aromatic rings. The van der Waals surface area contributed by atoms with Gasteiger partial charge in [0.05, 0.1) is 23.5 Å². The van der Waals surface area contributed by atoms with Crippen LogP contribution in [0.3, 0.4) is 0 Å². The molecule has 3 aromatic carbocycles. The fraction of sp³-hybridized carbons (Fsp3) is 0.160. The number of aryl methyl sites for hydroxylation is 1. The van der Waals surface area contributed by atoms with Crippen LogP contribution in [0.1, 0.15) is 22.3 Å². The number of hydrogen-bond donors (Lipinski definition) is 0. The second-order valence-electron chi connectivity index (χ2n) is 7.55. The molecule has 0 atom stereocenters. The Morgan fingerprint density at radius 1 is 0.833 bits per heavy atom. The normalized spacial score (nSPS) is 13.0. The van der Waals surface area contributed by atoms with Crippen molar-refractivity contribution >= 4 is 0 Å². The summed E-state index contributed by atoms with van der Waals surface area (Å²) in [6, 6.07) is 23.6. The zero-order valence-electron chi connectivity index (χ0n) is 16.2. The first-order valence-corrected chi connectivity index (χ1v) is 9.90. The summed E-state index contributed by atoms with van der Waals surface area (Å²) in [6.45, 7) is 0.502. The Hall–Kier alpha value is -3.34. The molecule has 1 aliphatic carbocycles. The van der Waals surface area contributed by atoms with Crippen LogP contribution in [0, 0.1) is 0 Å². The van der Waals surface area contributed by atoms with Gasteiger partial charge in [0.15, 0.2) is 0 Å². The van der Waals surface area contributed by atoms with Gasteiger partial charge in [-0.2, -0.15) is 18.3 Å². The first kappa shape index (κ1) is 18.7. The van der Waals surface area contributed by atoms with Gasteiger partial charge in [0.2, 0.25) is 0 Å². The number of fused-ring (bicyclic) bond motifs is 3. The van der Waals surface area contributed by atoms with Gasteiger partial charge >= 0.3 is 6.18 Å². The van der Waals surface area contributed by atoms with Gasteiger partial charge in [-0.05, 0) is 36.1 Å². The SMILES string of the molecule is FC(F)(F)c1cccc(-c2c3c(nn2Cc2ccccc2)-c2ccccc2CC3)c1. The third-order valence-corrected chi connectivity index (χ3v) is 5.61. The maximum atomic E-state index is 13.4. The summed E-state index contributed by atoms with van der Waals surface area (Å²) in [7, 11) is 0. The summed E-state index contributed by atoms with van der Waals surface area (Å²) in [5, 5.41) is 4.89. The molecule has 0 fully saturated rings. The van der Waals surface area contributed by atoms with Gasteiger partial charge in [-0.15, -0.1) is 0 Å². The summed E-state index contributed by atoms with van der Waals surface area (Å²) in [5.74, 6) is 0. The maximum Gasteiger partial charge on any atom is 0.416 e. The molecule has 2 nitrogen and oxygen atoms in total. The van der Waals surface area contributed by atoms with Gasteiger partial charge in [0.25, 0.3) is 0 Å². The van der Waals surface area contributed by atoms with Crippen molar-refractivity contribution < 1.29 is 13.2 Å². The number of nitrogens with zero attached hydrogens (tertiary/aromatic N) is 2. The Bertz CT molecular complexity index is 1210. The van der Waals surface area contributed by atoms with E-state index in [0.717, 1.165) is 47.0 Å². The van der Waals surface area contributed by atoms with Crippen molar-refractivity contribution in [1.29, 1.82) is 0 Å². The van der Waals surface area contributed by atoms with Crippen LogP contribution in [0.4, 0.5) is 13.2 Å². The summed E-state index contributed by atoms with van der Waals surface area (Å²) >= 11 is 0. The van der Waals surface area contributed by atoms with E-state index in [1.807, 2.05) is 53.2 Å². The van der Waals surface area contributed by atoms with E-state index in [2.05, 4.69) is 6.07 Å². The van der Waals surface area contributed by atoms with Crippen molar-refractivity contribution in [3.05, 3.63) is 101 Å². The van der Waals surface area contributed by atoms with E-state index in [1.165, 1.54) is 17.7 Å². The minimum atomic E-state index is -4.38. The van der Waals surface area contributed by atoms with E-state index in [0.29, 0.717) is 12.1 Å². The average Bonchev–Trinajstić information content (AvgIpc) is 3.12. The molecular weight excluding hydrogens is 385 g/mol. The molecule has 1 aliphatic rings. The van der Waals surface area contributed by atoms with Crippen LogP contribution >= 0.6 is 0 Å². The zero-order chi connectivity index (χ0) is 20.7. The molecule has 0 aliphatic heterocycles. The van der Waals surface area contributed by atoms with Crippen LogP contribution in [-0.4, -0.2) is 9.78 Å². The van der Waals surface area contributed by atoms with E-state index in [9.17, 15) is 13.2 Å². The minimum absolute atomic E-state index is 0.502. The third kappa shape index (κ3) is 3.30. The van der Waals surface area contributed by atoms with Gasteiger partial charge in [-0.1, -0.05) is 66.7 Å². The van der Waals surface area contributed by atoms with Gasteiger partial charge in [0.1, 0.15) is 0 Å². The van der Waals surface area contributed by atoms with Crippen LogP contribution in [-0.2, 0) is 25.6 Å². The standard InChI is InChI=1S/C25H19F3N2/c26-25(27,28)20-11-6-10-19(15-20)24-22-14-13-18-9-4-5-12-21(18)23(22)29-30(24)16-17-7-2-1-3-8-17/h1-12,15H,13-14,16H2. The summed E-state index contributed by atoms with van der Waals surface area (Å²) in [6.07, 6.45) is -2.77. The van der Waals surface area contributed by atoms with Gasteiger partial charge in [-0.3, -0.25) is 4.68 Å². The van der Waals surface area contributed by atoms with Crippen molar-refractivity contribution in [2.75, 3.05) is 0 Å². The molecule has 0 radical (unpaired) electrons. The lowest BCUT2D eigenvalue weighted by Gasteiger charge is -2.16. The van der Waals surface area contributed by atoms with E-state index in [-0.39, 0.29) is 0 Å². The maximum absolute atomic E-state index is 13.4. The highest BCUT2D eigenvalue weighted by atomic mass is 19.4. The Balaban J connectivity index is 1.71. The topological polar surface area (TPSA) is 17.8 Å². The predicted molar refractivity (Wildman–Crippen MR) is 111 cm³/mol. The fourth-order valence-electron chi connectivity index (χ4n) is 4.22. The van der Waals surface area contributed by atoms with E-state index >= 15 is 0 Å². The smallest absolute Gasteiger partial charge is 0.260 e. The molecule has 150 valence electrons. The summed E-state index contributed by atoms with van der Waals surface area (Å²) < 4.78 is 42.0. The number of aromatic nitrogens is 2. The van der Waals surface area contributed by atoms with Crippen LogP contribution < -0.4 is 0 Å². The monoisotopic (exact) mass is 404 g/mol. The number of hydrogen-bond acceptors (Lipinski definition) is 1. The number of rotatable bonds is 3. The van der Waals surface area contributed by atoms with Crippen molar-refractivity contribution in [3.8, 4) is 22.5 Å². The highest BCUT2D eigenvalue weighted by Crippen LogP contribution is 2.40. The van der Waals surface area contributed by atoms with Crippen LogP contribution in [0.2, 0.25) is 0 Å². The van der Waals surface area contributed by atoms with E-state index < -0.39 is 11.7 Å². The molecule has 5 rings (SSSR count). The molecule has 0 N–H and O–H groups in total. The van der Waals surface area contributed by atoms with Crippen LogP contribution in [0.15, 0.2) is 78.9 Å². The molecule has 0 amide bonds. The van der Waals surface area contributed by atoms with Gasteiger partial charge in [-0.25, -0.2) is 0 Å². The number of benzene rings is 3. The second-order valence-corrected chi connectivity index (χ2v) is 7.55. The lowest BCUT2D eigenvalue weighted by atomic mass is 9.88. The molecule has 0 spiro atoms. The molecule has 0 bridgehead atoms. The van der Waals surface area contributed by atoms with Crippen molar-refractivity contribution in [3.63, 3.8) is 0 Å². The van der Waals surface area contributed by atoms with Crippen molar-refractivity contribution in [1.82, 2.24) is 9.78 Å². The molecule has 0 saturated carbocycles. The first-order valence-electron chi connectivity index (χ1n) is 9.90. The summed E-state index contributed by atoms with van der Waals surface area (Å²) in [4.78, 5) is 0. The molecule has 0 unspecified atom stereocenters. The van der Waals surface area contributed by atoms with Crippen LogP contribution in [0.25, 0.3) is 22.5 Å². The lowest BCUT2D eigenvalue weighted by Crippen LogP contribution is -2.07. The highest BCUT2D eigenvalue weighted by molar-refractivity contribution is 5.78. The molecule has 30 heavy (non-hydrogen) atoms. The molecule has 5 heteroatoms. The fourth-order valence-corrected chi connectivity index (χ4v) is 4.22. The summed E-state index contributed by atoms with van der Waals surface area (Å²) in [5.41, 5.74) is 5.92. The number of halogens is 3.